The van der Waals surface area contributed by atoms with E-state index in [1.807, 2.05) is 12.1 Å². The van der Waals surface area contributed by atoms with Gasteiger partial charge in [0.1, 0.15) is 5.69 Å². The van der Waals surface area contributed by atoms with E-state index in [1.54, 1.807) is 12.1 Å². The molecular formula is C13H20NO2+. The number of benzene rings is 1. The molecule has 0 spiro atoms. The van der Waals surface area contributed by atoms with Gasteiger partial charge in [-0.1, -0.05) is 0 Å². The molecule has 1 aromatic rings. The maximum absolute atomic E-state index is 10.8. The first-order valence-electron chi connectivity index (χ1n) is 5.79. The third kappa shape index (κ3) is 2.25. The summed E-state index contributed by atoms with van der Waals surface area (Å²) in [5.74, 6) is -0.867. The van der Waals surface area contributed by atoms with Crippen molar-refractivity contribution in [1.82, 2.24) is 4.48 Å². The Morgan fingerprint density at radius 2 is 1.50 bits per heavy atom. The molecule has 0 aliphatic carbocycles. The van der Waals surface area contributed by atoms with E-state index in [-0.39, 0.29) is 0 Å². The second kappa shape index (κ2) is 5.12. The van der Waals surface area contributed by atoms with Crippen LogP contribution < -0.4 is 4.48 Å². The Labute approximate surface area is 96.9 Å². The summed E-state index contributed by atoms with van der Waals surface area (Å²) in [6, 6.07) is 7.23. The predicted molar refractivity (Wildman–Crippen MR) is 66.8 cm³/mol. The minimum atomic E-state index is -0.867. The summed E-state index contributed by atoms with van der Waals surface area (Å²) in [4.78, 5) is 10.8. The van der Waals surface area contributed by atoms with Crippen LogP contribution in [-0.2, 0) is 0 Å². The number of hydrogen-bond donors (Lipinski definition) is 1. The molecule has 16 heavy (non-hydrogen) atoms. The number of nitrogens with zero attached hydrogens (tertiary/aromatic N) is 1. The molecule has 3 heteroatoms. The molecule has 1 rings (SSSR count). The Hall–Kier alpha value is -1.35. The van der Waals surface area contributed by atoms with Gasteiger partial charge in [0.15, 0.2) is 0 Å². The van der Waals surface area contributed by atoms with E-state index < -0.39 is 5.97 Å². The molecule has 0 saturated carbocycles. The van der Waals surface area contributed by atoms with Crippen molar-refractivity contribution in [3.63, 3.8) is 0 Å². The second-order valence-electron chi connectivity index (χ2n) is 3.95. The van der Waals surface area contributed by atoms with Gasteiger partial charge in [0, 0.05) is 0 Å². The highest BCUT2D eigenvalue weighted by Crippen LogP contribution is 2.23. The molecular weight excluding hydrogens is 202 g/mol. The fourth-order valence-corrected chi connectivity index (χ4v) is 2.14. The number of carbonyl (C=O) groups is 1. The zero-order chi connectivity index (χ0) is 12.2. The second-order valence-corrected chi connectivity index (χ2v) is 3.95. The summed E-state index contributed by atoms with van der Waals surface area (Å²) in [6.45, 7) is 9.58. The summed E-state index contributed by atoms with van der Waals surface area (Å²) >= 11 is 0. The SMILES string of the molecule is CC[N+](CC)(CC)c1ccc(C(=O)O)cc1. The fraction of sp³-hybridized carbons (Fsp3) is 0.462. The zero-order valence-electron chi connectivity index (χ0n) is 10.2. The summed E-state index contributed by atoms with van der Waals surface area (Å²) in [5.41, 5.74) is 1.54. The minimum absolute atomic E-state index is 0.352. The van der Waals surface area contributed by atoms with Crippen LogP contribution in [0.5, 0.6) is 0 Å². The highest BCUT2D eigenvalue weighted by Gasteiger charge is 2.24. The lowest BCUT2D eigenvalue weighted by Crippen LogP contribution is -2.48. The van der Waals surface area contributed by atoms with Crippen LogP contribution in [0.15, 0.2) is 24.3 Å². The molecule has 0 fully saturated rings. The Kier molecular flexibility index (Phi) is 4.07. The summed E-state index contributed by atoms with van der Waals surface area (Å²) < 4.78 is 0.903. The van der Waals surface area contributed by atoms with Gasteiger partial charge in [0.2, 0.25) is 0 Å². The average molecular weight is 222 g/mol. The molecule has 0 heterocycles. The molecule has 0 aliphatic rings. The van der Waals surface area contributed by atoms with Gasteiger partial charge >= 0.3 is 5.97 Å². The Bertz CT molecular complexity index is 344. The largest absolute Gasteiger partial charge is 0.478 e. The molecule has 0 atom stereocenters. The summed E-state index contributed by atoms with van der Waals surface area (Å²) in [5, 5.41) is 8.84. The number of rotatable bonds is 5. The van der Waals surface area contributed by atoms with Gasteiger partial charge in [0.05, 0.1) is 25.2 Å². The molecule has 0 aromatic heterocycles. The molecule has 0 amide bonds. The van der Waals surface area contributed by atoms with E-state index in [9.17, 15) is 4.79 Å². The van der Waals surface area contributed by atoms with Crippen molar-refractivity contribution in [3.8, 4) is 0 Å². The van der Waals surface area contributed by atoms with E-state index in [0.717, 1.165) is 24.1 Å². The third-order valence-electron chi connectivity index (χ3n) is 3.48. The van der Waals surface area contributed by atoms with Crippen LogP contribution in [0.25, 0.3) is 0 Å². The molecule has 3 nitrogen and oxygen atoms in total. The minimum Gasteiger partial charge on any atom is -0.478 e. The number of hydrogen-bond acceptors (Lipinski definition) is 1. The topological polar surface area (TPSA) is 37.3 Å². The highest BCUT2D eigenvalue weighted by atomic mass is 16.4. The van der Waals surface area contributed by atoms with Crippen LogP contribution in [0, 0.1) is 0 Å². The van der Waals surface area contributed by atoms with E-state index >= 15 is 0 Å². The quantitative estimate of drug-likeness (QED) is 0.778. The molecule has 0 aliphatic heterocycles. The van der Waals surface area contributed by atoms with Crippen LogP contribution in [-0.4, -0.2) is 30.7 Å². The molecule has 0 saturated heterocycles. The number of aromatic carboxylic acids is 1. The molecule has 0 radical (unpaired) electrons. The van der Waals surface area contributed by atoms with Crippen LogP contribution in [0.1, 0.15) is 31.1 Å². The van der Waals surface area contributed by atoms with Gasteiger partial charge in [-0.05, 0) is 45.0 Å². The van der Waals surface area contributed by atoms with Gasteiger partial charge < -0.3 is 5.11 Å². The lowest BCUT2D eigenvalue weighted by atomic mass is 10.1. The van der Waals surface area contributed by atoms with Crippen LogP contribution in [0.3, 0.4) is 0 Å². The smallest absolute Gasteiger partial charge is 0.335 e. The molecule has 0 unspecified atom stereocenters. The Morgan fingerprint density at radius 1 is 1.06 bits per heavy atom. The Morgan fingerprint density at radius 3 is 1.81 bits per heavy atom. The highest BCUT2D eigenvalue weighted by molar-refractivity contribution is 5.87. The van der Waals surface area contributed by atoms with Crippen molar-refractivity contribution in [3.05, 3.63) is 29.8 Å². The number of quaternary nitrogens is 1. The summed E-state index contributed by atoms with van der Waals surface area (Å²) in [6.07, 6.45) is 0. The lowest BCUT2D eigenvalue weighted by Gasteiger charge is -2.35. The van der Waals surface area contributed by atoms with Gasteiger partial charge in [-0.2, -0.15) is 0 Å². The monoisotopic (exact) mass is 222 g/mol. The number of carboxylic acid groups (broad SMARTS) is 1. The van der Waals surface area contributed by atoms with Crippen LogP contribution >= 0.6 is 0 Å². The molecule has 0 bridgehead atoms. The van der Waals surface area contributed by atoms with E-state index in [2.05, 4.69) is 20.8 Å². The van der Waals surface area contributed by atoms with Crippen molar-refractivity contribution in [2.24, 2.45) is 0 Å². The van der Waals surface area contributed by atoms with Gasteiger partial charge in [0.25, 0.3) is 0 Å². The zero-order valence-corrected chi connectivity index (χ0v) is 10.2. The maximum Gasteiger partial charge on any atom is 0.335 e. The molecule has 88 valence electrons. The van der Waals surface area contributed by atoms with Gasteiger partial charge in [-0.15, -0.1) is 0 Å². The summed E-state index contributed by atoms with van der Waals surface area (Å²) in [7, 11) is 0. The van der Waals surface area contributed by atoms with E-state index in [0.29, 0.717) is 5.56 Å². The Balaban J connectivity index is 3.08. The first-order chi connectivity index (χ1) is 7.59. The normalized spacial score (nSPS) is 11.4. The standard InChI is InChI=1S/C13H19NO2/c1-4-14(5-2,6-3)12-9-7-11(8-10-12)13(15)16/h7-10H,4-6H2,1-3H3/p+1. The van der Waals surface area contributed by atoms with Gasteiger partial charge in [-0.3, -0.25) is 4.48 Å². The fourth-order valence-electron chi connectivity index (χ4n) is 2.14. The van der Waals surface area contributed by atoms with Crippen LogP contribution in [0.2, 0.25) is 0 Å². The van der Waals surface area contributed by atoms with Crippen molar-refractivity contribution in [2.45, 2.75) is 20.8 Å². The first-order valence-corrected chi connectivity index (χ1v) is 5.79. The molecule has 1 aromatic carbocycles. The van der Waals surface area contributed by atoms with Gasteiger partial charge in [-0.25, -0.2) is 4.79 Å². The third-order valence-corrected chi connectivity index (χ3v) is 3.48. The first kappa shape index (κ1) is 12.7. The maximum atomic E-state index is 10.8. The van der Waals surface area contributed by atoms with E-state index in [4.69, 9.17) is 5.11 Å². The van der Waals surface area contributed by atoms with Crippen molar-refractivity contribution < 1.29 is 9.90 Å². The average Bonchev–Trinajstić information content (AvgIpc) is 2.33. The lowest BCUT2D eigenvalue weighted by molar-refractivity contribution is 0.0697. The van der Waals surface area contributed by atoms with E-state index in [1.165, 1.54) is 5.69 Å². The molecule has 1 N–H and O–H groups in total. The van der Waals surface area contributed by atoms with Crippen molar-refractivity contribution >= 4 is 11.7 Å². The van der Waals surface area contributed by atoms with Crippen molar-refractivity contribution in [1.29, 1.82) is 0 Å². The number of carboxylic acids is 1. The van der Waals surface area contributed by atoms with Crippen molar-refractivity contribution in [2.75, 3.05) is 19.6 Å². The van der Waals surface area contributed by atoms with Crippen LogP contribution in [0.4, 0.5) is 5.69 Å². The predicted octanol–water partition coefficient (Wildman–Crippen LogP) is 2.75.